The van der Waals surface area contributed by atoms with Crippen LogP contribution in [0.3, 0.4) is 0 Å². The van der Waals surface area contributed by atoms with E-state index in [4.69, 9.17) is 0 Å². The van der Waals surface area contributed by atoms with Crippen LogP contribution in [0, 0.1) is 5.92 Å². The first-order valence-electron chi connectivity index (χ1n) is 6.36. The van der Waals surface area contributed by atoms with Crippen LogP contribution in [0.15, 0.2) is 18.2 Å². The molecule has 1 aliphatic rings. The molecule has 5 heteroatoms. The molecule has 1 amide bonds. The Bertz CT molecular complexity index is 492. The van der Waals surface area contributed by atoms with Gasteiger partial charge in [0.05, 0.1) is 0 Å². The Morgan fingerprint density at radius 2 is 1.95 bits per heavy atom. The van der Waals surface area contributed by atoms with Crippen LogP contribution in [0.25, 0.3) is 0 Å². The third kappa shape index (κ3) is 2.86. The summed E-state index contributed by atoms with van der Waals surface area (Å²) < 4.78 is 0. The van der Waals surface area contributed by atoms with Crippen LogP contribution in [0.5, 0.6) is 11.5 Å². The topological polar surface area (TPSA) is 77.8 Å². The molecule has 1 heterocycles. The van der Waals surface area contributed by atoms with Crippen molar-refractivity contribution in [3.05, 3.63) is 23.8 Å². The van der Waals surface area contributed by atoms with E-state index in [9.17, 15) is 19.8 Å². The number of likely N-dealkylation sites (tertiary alicyclic amines) is 1. The molecule has 0 aliphatic carbocycles. The molecule has 1 atom stereocenters. The number of phenolic OH excluding ortho intramolecular Hbond substituents is 2. The maximum absolute atomic E-state index is 12.3. The van der Waals surface area contributed by atoms with Gasteiger partial charge in [-0.05, 0) is 18.6 Å². The zero-order valence-corrected chi connectivity index (χ0v) is 10.8. The highest BCUT2D eigenvalue weighted by atomic mass is 16.3. The van der Waals surface area contributed by atoms with Crippen molar-refractivity contribution in [3.8, 4) is 11.5 Å². The fraction of sp³-hybridized carbons (Fsp3) is 0.429. The molecule has 102 valence electrons. The van der Waals surface area contributed by atoms with Crippen LogP contribution in [0.1, 0.15) is 30.1 Å². The minimum atomic E-state index is -0.267. The molecule has 2 rings (SSSR count). The van der Waals surface area contributed by atoms with E-state index >= 15 is 0 Å². The second-order valence-corrected chi connectivity index (χ2v) is 4.81. The maximum atomic E-state index is 12.3. The molecule has 0 aromatic heterocycles. The molecule has 0 spiro atoms. The van der Waals surface area contributed by atoms with E-state index in [1.807, 2.05) is 6.92 Å². The number of hydrogen-bond acceptors (Lipinski definition) is 4. The number of piperidine rings is 1. The van der Waals surface area contributed by atoms with Gasteiger partial charge in [-0.25, -0.2) is 0 Å². The number of ketones is 1. The fourth-order valence-electron chi connectivity index (χ4n) is 2.35. The van der Waals surface area contributed by atoms with Crippen LogP contribution >= 0.6 is 0 Å². The van der Waals surface area contributed by atoms with Crippen LogP contribution in [-0.2, 0) is 4.79 Å². The van der Waals surface area contributed by atoms with Gasteiger partial charge < -0.3 is 15.1 Å². The van der Waals surface area contributed by atoms with Crippen LogP contribution in [0.4, 0.5) is 0 Å². The predicted octanol–water partition coefficient (Wildman–Crippen LogP) is 1.54. The summed E-state index contributed by atoms with van der Waals surface area (Å²) in [5, 5.41) is 18.8. The van der Waals surface area contributed by atoms with Crippen LogP contribution < -0.4 is 0 Å². The molecule has 19 heavy (non-hydrogen) atoms. The largest absolute Gasteiger partial charge is 0.508 e. The van der Waals surface area contributed by atoms with Crippen LogP contribution in [0.2, 0.25) is 0 Å². The van der Waals surface area contributed by atoms with Crippen molar-refractivity contribution >= 4 is 11.7 Å². The van der Waals surface area contributed by atoms with Gasteiger partial charge in [-0.15, -0.1) is 0 Å². The lowest BCUT2D eigenvalue weighted by molar-refractivity contribution is -0.125. The lowest BCUT2D eigenvalue weighted by Gasteiger charge is -2.31. The molecular weight excluding hydrogens is 246 g/mol. The van der Waals surface area contributed by atoms with E-state index in [-0.39, 0.29) is 34.7 Å². The molecule has 1 aromatic carbocycles. The fourth-order valence-corrected chi connectivity index (χ4v) is 2.35. The first kappa shape index (κ1) is 13.4. The number of benzene rings is 1. The molecule has 1 fully saturated rings. The number of Topliss-reactive ketones (excluding diaryl/α,β-unsaturated/α-hetero) is 1. The zero-order valence-electron chi connectivity index (χ0n) is 10.8. The van der Waals surface area contributed by atoms with Crippen molar-refractivity contribution in [1.29, 1.82) is 0 Å². The quantitative estimate of drug-likeness (QED) is 0.848. The average molecular weight is 263 g/mol. The van der Waals surface area contributed by atoms with Gasteiger partial charge in [0.25, 0.3) is 5.91 Å². The van der Waals surface area contributed by atoms with Gasteiger partial charge in [0, 0.05) is 37.1 Å². The van der Waals surface area contributed by atoms with Crippen molar-refractivity contribution in [1.82, 2.24) is 4.90 Å². The van der Waals surface area contributed by atoms with E-state index in [0.29, 0.717) is 25.9 Å². The molecule has 0 saturated carbocycles. The van der Waals surface area contributed by atoms with Crippen molar-refractivity contribution in [2.45, 2.75) is 19.8 Å². The molecule has 5 nitrogen and oxygen atoms in total. The first-order chi connectivity index (χ1) is 9.01. The summed E-state index contributed by atoms with van der Waals surface area (Å²) in [5.74, 6) is -0.474. The van der Waals surface area contributed by atoms with E-state index in [0.717, 1.165) is 0 Å². The number of hydrogen-bond donors (Lipinski definition) is 2. The minimum absolute atomic E-state index is 0.108. The minimum Gasteiger partial charge on any atom is -0.508 e. The smallest absolute Gasteiger partial charge is 0.254 e. The summed E-state index contributed by atoms with van der Waals surface area (Å²) >= 11 is 0. The third-order valence-corrected chi connectivity index (χ3v) is 3.45. The number of phenols is 2. The Balaban J connectivity index is 2.17. The molecular formula is C14H17NO4. The number of carbonyl (C=O) groups excluding carboxylic acids is 2. The molecule has 2 N–H and O–H groups in total. The lowest BCUT2D eigenvalue weighted by atomic mass is 9.93. The summed E-state index contributed by atoms with van der Waals surface area (Å²) in [5.41, 5.74) is 0.238. The third-order valence-electron chi connectivity index (χ3n) is 3.45. The lowest BCUT2D eigenvalue weighted by Crippen LogP contribution is -2.43. The van der Waals surface area contributed by atoms with Crippen molar-refractivity contribution in [3.63, 3.8) is 0 Å². The highest BCUT2D eigenvalue weighted by Gasteiger charge is 2.29. The van der Waals surface area contributed by atoms with Crippen molar-refractivity contribution in [2.75, 3.05) is 13.1 Å². The summed E-state index contributed by atoms with van der Waals surface area (Å²) in [6.07, 6.45) is 1.09. The Morgan fingerprint density at radius 1 is 1.32 bits per heavy atom. The van der Waals surface area contributed by atoms with E-state index in [1.54, 1.807) is 4.90 Å². The second kappa shape index (κ2) is 5.30. The Kier molecular flexibility index (Phi) is 3.74. The number of aromatic hydroxyl groups is 2. The summed E-state index contributed by atoms with van der Waals surface area (Å²) in [7, 11) is 0. The van der Waals surface area contributed by atoms with Gasteiger partial charge >= 0.3 is 0 Å². The standard InChI is InChI=1S/C14H17NO4/c1-2-9-8-15(4-3-13(9)18)14(19)10-5-11(16)7-12(17)6-10/h5-7,9,16-17H,2-4,8H2,1H3. The number of rotatable bonds is 2. The normalized spacial score (nSPS) is 19.5. The van der Waals surface area contributed by atoms with Crippen LogP contribution in [-0.4, -0.2) is 39.9 Å². The number of nitrogens with zero attached hydrogens (tertiary/aromatic N) is 1. The Morgan fingerprint density at radius 3 is 2.53 bits per heavy atom. The van der Waals surface area contributed by atoms with E-state index < -0.39 is 0 Å². The summed E-state index contributed by atoms with van der Waals surface area (Å²) in [4.78, 5) is 25.5. The monoisotopic (exact) mass is 263 g/mol. The van der Waals surface area contributed by atoms with Gasteiger partial charge in [-0.3, -0.25) is 9.59 Å². The number of carbonyl (C=O) groups is 2. The first-order valence-corrected chi connectivity index (χ1v) is 6.36. The highest BCUT2D eigenvalue weighted by Crippen LogP contribution is 2.23. The molecule has 0 bridgehead atoms. The van der Waals surface area contributed by atoms with Crippen molar-refractivity contribution in [2.24, 2.45) is 5.92 Å². The van der Waals surface area contributed by atoms with Gasteiger partial charge in [0.15, 0.2) is 0 Å². The molecule has 1 saturated heterocycles. The zero-order chi connectivity index (χ0) is 14.0. The second-order valence-electron chi connectivity index (χ2n) is 4.81. The predicted molar refractivity (Wildman–Crippen MR) is 69.1 cm³/mol. The van der Waals surface area contributed by atoms with Crippen molar-refractivity contribution < 1.29 is 19.8 Å². The molecule has 1 unspecified atom stereocenters. The molecule has 0 radical (unpaired) electrons. The van der Waals surface area contributed by atoms with E-state index in [2.05, 4.69) is 0 Å². The van der Waals surface area contributed by atoms with Gasteiger partial charge in [-0.2, -0.15) is 0 Å². The van der Waals surface area contributed by atoms with Gasteiger partial charge in [0.1, 0.15) is 17.3 Å². The average Bonchev–Trinajstić information content (AvgIpc) is 2.37. The maximum Gasteiger partial charge on any atom is 0.254 e. The Hall–Kier alpha value is -2.04. The number of amides is 1. The molecule has 1 aliphatic heterocycles. The van der Waals surface area contributed by atoms with Gasteiger partial charge in [-0.1, -0.05) is 6.92 Å². The van der Waals surface area contributed by atoms with Gasteiger partial charge in [0.2, 0.25) is 0 Å². The summed E-state index contributed by atoms with van der Waals surface area (Å²) in [6.45, 7) is 2.73. The summed E-state index contributed by atoms with van der Waals surface area (Å²) in [6, 6.07) is 3.81. The Labute approximate surface area is 111 Å². The molecule has 1 aromatic rings. The highest BCUT2D eigenvalue weighted by molar-refractivity contribution is 5.96. The van der Waals surface area contributed by atoms with E-state index in [1.165, 1.54) is 18.2 Å². The SMILES string of the molecule is CCC1CN(C(=O)c2cc(O)cc(O)c2)CCC1=O.